The number of rotatable bonds is 2. The molecule has 0 radical (unpaired) electrons. The summed E-state index contributed by atoms with van der Waals surface area (Å²) in [6.07, 6.45) is 1.94. The molecule has 0 unspecified atom stereocenters. The van der Waals surface area contributed by atoms with Crippen molar-refractivity contribution in [1.29, 1.82) is 5.26 Å². The van der Waals surface area contributed by atoms with Gasteiger partial charge in [-0.25, -0.2) is 0 Å². The molecule has 5 nitrogen and oxygen atoms in total. The third kappa shape index (κ3) is 4.59. The standard InChI is InChI=1S/C17H21ClN4OS/c1-17(2,3)21-16(24)20-13-10-14-11(9-12(13)18)5-4-6-15(23)22(14)8-7-19/h9-10H,4-6,8H2,1-3H3,(H2,20,21,24). The van der Waals surface area contributed by atoms with Crippen LogP contribution in [0.1, 0.15) is 39.2 Å². The maximum absolute atomic E-state index is 12.3. The van der Waals surface area contributed by atoms with Crippen molar-refractivity contribution in [3.63, 3.8) is 0 Å². The van der Waals surface area contributed by atoms with Crippen LogP contribution >= 0.6 is 23.8 Å². The van der Waals surface area contributed by atoms with Crippen LogP contribution in [0.3, 0.4) is 0 Å². The second-order valence-electron chi connectivity index (χ2n) is 6.78. The highest BCUT2D eigenvalue weighted by Crippen LogP contribution is 2.35. The Morgan fingerprint density at radius 2 is 2.12 bits per heavy atom. The number of benzene rings is 1. The molecule has 1 amide bonds. The molecule has 0 saturated carbocycles. The summed E-state index contributed by atoms with van der Waals surface area (Å²) in [4.78, 5) is 13.8. The summed E-state index contributed by atoms with van der Waals surface area (Å²) >= 11 is 11.7. The van der Waals surface area contributed by atoms with Crippen LogP contribution in [0.15, 0.2) is 12.1 Å². The molecule has 7 heteroatoms. The van der Waals surface area contributed by atoms with Crippen LogP contribution in [0.2, 0.25) is 5.02 Å². The fraction of sp³-hybridized carbons (Fsp3) is 0.471. The Morgan fingerprint density at radius 1 is 1.42 bits per heavy atom. The minimum absolute atomic E-state index is 0.0254. The number of hydrogen-bond acceptors (Lipinski definition) is 3. The summed E-state index contributed by atoms with van der Waals surface area (Å²) in [5.74, 6) is -0.0426. The Morgan fingerprint density at radius 3 is 2.75 bits per heavy atom. The average Bonchev–Trinajstić information content (AvgIpc) is 2.58. The first-order valence-corrected chi connectivity index (χ1v) is 8.59. The molecule has 24 heavy (non-hydrogen) atoms. The molecule has 0 aromatic heterocycles. The van der Waals surface area contributed by atoms with Crippen molar-refractivity contribution in [2.24, 2.45) is 0 Å². The molecular formula is C17H21ClN4OS. The summed E-state index contributed by atoms with van der Waals surface area (Å²) in [6.45, 7) is 6.05. The SMILES string of the molecule is CC(C)(C)NC(=S)Nc1cc2c(cc1Cl)CCCC(=O)N2CC#N. The van der Waals surface area contributed by atoms with E-state index in [1.165, 1.54) is 4.90 Å². The Kier molecular flexibility index (Phi) is 5.68. The molecule has 0 spiro atoms. The highest BCUT2D eigenvalue weighted by molar-refractivity contribution is 7.80. The molecule has 0 bridgehead atoms. The number of nitriles is 1. The topological polar surface area (TPSA) is 68.2 Å². The largest absolute Gasteiger partial charge is 0.358 e. The molecule has 1 aromatic rings. The number of aryl methyl sites for hydroxylation is 1. The van der Waals surface area contributed by atoms with Crippen LogP contribution in [0.4, 0.5) is 11.4 Å². The van der Waals surface area contributed by atoms with Crippen molar-refractivity contribution in [2.75, 3.05) is 16.8 Å². The van der Waals surface area contributed by atoms with Gasteiger partial charge in [0.1, 0.15) is 6.54 Å². The van der Waals surface area contributed by atoms with Gasteiger partial charge in [0.15, 0.2) is 5.11 Å². The van der Waals surface area contributed by atoms with E-state index in [0.717, 1.165) is 24.1 Å². The van der Waals surface area contributed by atoms with Gasteiger partial charge in [0.25, 0.3) is 0 Å². The molecule has 1 aromatic carbocycles. The fourth-order valence-electron chi connectivity index (χ4n) is 2.59. The molecule has 1 aliphatic rings. The van der Waals surface area contributed by atoms with Crippen LogP contribution in [-0.4, -0.2) is 23.1 Å². The number of halogens is 1. The lowest BCUT2D eigenvalue weighted by molar-refractivity contribution is -0.118. The maximum atomic E-state index is 12.3. The van der Waals surface area contributed by atoms with Gasteiger partial charge in [-0.3, -0.25) is 9.69 Å². The molecule has 2 N–H and O–H groups in total. The number of thiocarbonyl (C=S) groups is 1. The van der Waals surface area contributed by atoms with E-state index in [2.05, 4.69) is 16.7 Å². The van der Waals surface area contributed by atoms with Gasteiger partial charge in [-0.2, -0.15) is 5.26 Å². The van der Waals surface area contributed by atoms with Crippen molar-refractivity contribution in [2.45, 2.75) is 45.6 Å². The van der Waals surface area contributed by atoms with E-state index in [0.29, 0.717) is 22.2 Å². The number of fused-ring (bicyclic) bond motifs is 1. The third-order valence-electron chi connectivity index (χ3n) is 3.56. The lowest BCUT2D eigenvalue weighted by atomic mass is 10.1. The van der Waals surface area contributed by atoms with Gasteiger partial charge in [-0.1, -0.05) is 11.6 Å². The van der Waals surface area contributed by atoms with Crippen LogP contribution < -0.4 is 15.5 Å². The van der Waals surface area contributed by atoms with Gasteiger partial charge in [-0.05, 0) is 63.5 Å². The molecule has 2 rings (SSSR count). The molecule has 128 valence electrons. The first kappa shape index (κ1) is 18.5. The van der Waals surface area contributed by atoms with E-state index >= 15 is 0 Å². The highest BCUT2D eigenvalue weighted by Gasteiger charge is 2.24. The zero-order chi connectivity index (χ0) is 17.9. The first-order chi connectivity index (χ1) is 11.2. The van der Waals surface area contributed by atoms with Gasteiger partial charge in [-0.15, -0.1) is 0 Å². The predicted molar refractivity (Wildman–Crippen MR) is 101 cm³/mol. The number of nitrogens with zero attached hydrogens (tertiary/aromatic N) is 2. The van der Waals surface area contributed by atoms with Crippen molar-refractivity contribution in [1.82, 2.24) is 5.32 Å². The van der Waals surface area contributed by atoms with E-state index in [1.807, 2.05) is 26.8 Å². The molecular weight excluding hydrogens is 344 g/mol. The van der Waals surface area contributed by atoms with E-state index < -0.39 is 0 Å². The fourth-order valence-corrected chi connectivity index (χ4v) is 3.24. The molecule has 0 aliphatic carbocycles. The molecule has 1 heterocycles. The monoisotopic (exact) mass is 364 g/mol. The van der Waals surface area contributed by atoms with Gasteiger partial charge in [0, 0.05) is 12.0 Å². The number of nitrogens with one attached hydrogen (secondary N) is 2. The van der Waals surface area contributed by atoms with Crippen LogP contribution in [0, 0.1) is 11.3 Å². The smallest absolute Gasteiger partial charge is 0.227 e. The second-order valence-corrected chi connectivity index (χ2v) is 7.60. The first-order valence-electron chi connectivity index (χ1n) is 7.80. The quantitative estimate of drug-likeness (QED) is 0.619. The summed E-state index contributed by atoms with van der Waals surface area (Å²) in [6, 6.07) is 5.71. The Labute approximate surface area is 153 Å². The molecule has 0 saturated heterocycles. The Bertz CT molecular complexity index is 706. The molecule has 0 fully saturated rings. The highest BCUT2D eigenvalue weighted by atomic mass is 35.5. The van der Waals surface area contributed by atoms with E-state index in [9.17, 15) is 4.79 Å². The third-order valence-corrected chi connectivity index (χ3v) is 4.08. The lowest BCUT2D eigenvalue weighted by Gasteiger charge is -2.25. The summed E-state index contributed by atoms with van der Waals surface area (Å²) in [7, 11) is 0. The zero-order valence-corrected chi connectivity index (χ0v) is 15.6. The van der Waals surface area contributed by atoms with Crippen molar-refractivity contribution in [3.8, 4) is 6.07 Å². The maximum Gasteiger partial charge on any atom is 0.227 e. The summed E-state index contributed by atoms with van der Waals surface area (Å²) in [5, 5.41) is 16.3. The second kappa shape index (κ2) is 7.37. The van der Waals surface area contributed by atoms with Crippen LogP contribution in [0.25, 0.3) is 0 Å². The van der Waals surface area contributed by atoms with Crippen molar-refractivity contribution in [3.05, 3.63) is 22.7 Å². The van der Waals surface area contributed by atoms with Crippen molar-refractivity contribution < 1.29 is 4.79 Å². The summed E-state index contributed by atoms with van der Waals surface area (Å²) < 4.78 is 0. The van der Waals surface area contributed by atoms with E-state index in [4.69, 9.17) is 29.1 Å². The average molecular weight is 365 g/mol. The molecule has 1 aliphatic heterocycles. The number of hydrogen-bond donors (Lipinski definition) is 2. The lowest BCUT2D eigenvalue weighted by Crippen LogP contribution is -2.43. The zero-order valence-electron chi connectivity index (χ0n) is 14.1. The minimum atomic E-state index is -0.176. The number of anilines is 2. The van der Waals surface area contributed by atoms with E-state index in [-0.39, 0.29) is 18.0 Å². The Balaban J connectivity index is 2.35. The molecule has 0 atom stereocenters. The van der Waals surface area contributed by atoms with Gasteiger partial charge >= 0.3 is 0 Å². The van der Waals surface area contributed by atoms with Crippen molar-refractivity contribution >= 4 is 46.2 Å². The number of amides is 1. The number of carbonyl (C=O) groups excluding carboxylic acids is 1. The summed E-state index contributed by atoms with van der Waals surface area (Å²) in [5.41, 5.74) is 2.14. The Hall–Kier alpha value is -1.84. The van der Waals surface area contributed by atoms with Crippen LogP contribution in [0.5, 0.6) is 0 Å². The van der Waals surface area contributed by atoms with Crippen LogP contribution in [-0.2, 0) is 11.2 Å². The van der Waals surface area contributed by atoms with Gasteiger partial charge < -0.3 is 10.6 Å². The van der Waals surface area contributed by atoms with E-state index in [1.54, 1.807) is 6.07 Å². The number of carbonyl (C=O) groups is 1. The van der Waals surface area contributed by atoms with Gasteiger partial charge in [0.05, 0.1) is 22.5 Å². The minimum Gasteiger partial charge on any atom is -0.358 e. The predicted octanol–water partition coefficient (Wildman–Crippen LogP) is 3.62. The van der Waals surface area contributed by atoms with Gasteiger partial charge in [0.2, 0.25) is 5.91 Å². The normalized spacial score (nSPS) is 14.5.